The Hall–Kier alpha value is -0.920. The van der Waals surface area contributed by atoms with Crippen LogP contribution in [0.5, 0.6) is 0 Å². The smallest absolute Gasteiger partial charge is 0.128 e. The molecule has 0 aliphatic heterocycles. The van der Waals surface area contributed by atoms with Gasteiger partial charge < -0.3 is 0 Å². The van der Waals surface area contributed by atoms with Gasteiger partial charge in [0.1, 0.15) is 5.82 Å². The summed E-state index contributed by atoms with van der Waals surface area (Å²) in [5, 5.41) is 0. The van der Waals surface area contributed by atoms with E-state index in [4.69, 9.17) is 9.97 Å². The molecule has 0 fully saturated rings. The number of nitrogens with zero attached hydrogens (tertiary/aromatic N) is 2. The molecule has 1 aromatic rings. The van der Waals surface area contributed by atoms with E-state index in [1.807, 2.05) is 0 Å². The first-order valence-corrected chi connectivity index (χ1v) is 11.4. The average molecular weight is 360 g/mol. The van der Waals surface area contributed by atoms with Crippen molar-refractivity contribution in [2.24, 2.45) is 0 Å². The third-order valence-electron chi connectivity index (χ3n) is 5.18. The third-order valence-corrected chi connectivity index (χ3v) is 5.18. The second kappa shape index (κ2) is 16.3. The Morgan fingerprint density at radius 3 is 1.38 bits per heavy atom. The fourth-order valence-corrected chi connectivity index (χ4v) is 3.51. The zero-order valence-electron chi connectivity index (χ0n) is 17.7. The Bertz CT molecular complexity index is 406. The summed E-state index contributed by atoms with van der Waals surface area (Å²) in [4.78, 5) is 9.41. The van der Waals surface area contributed by atoms with Gasteiger partial charge in [0, 0.05) is 17.8 Å². The van der Waals surface area contributed by atoms with Crippen molar-refractivity contribution in [3.8, 4) is 0 Å². The third kappa shape index (κ3) is 11.6. The predicted octanol–water partition coefficient (Wildman–Crippen LogP) is 7.44. The summed E-state index contributed by atoms with van der Waals surface area (Å²) in [5.41, 5.74) is 2.48. The molecule has 1 radical (unpaired) electrons. The van der Waals surface area contributed by atoms with E-state index < -0.39 is 0 Å². The van der Waals surface area contributed by atoms with E-state index in [-0.39, 0.29) is 0 Å². The van der Waals surface area contributed by atoms with Gasteiger partial charge in [-0.2, -0.15) is 0 Å². The maximum Gasteiger partial charge on any atom is 0.128 e. The Morgan fingerprint density at radius 2 is 1.00 bits per heavy atom. The molecule has 2 heteroatoms. The molecule has 0 saturated carbocycles. The van der Waals surface area contributed by atoms with Crippen LogP contribution < -0.4 is 0 Å². The zero-order chi connectivity index (χ0) is 18.9. The summed E-state index contributed by atoms with van der Waals surface area (Å²) in [6.07, 6.45) is 21.9. The summed E-state index contributed by atoms with van der Waals surface area (Å²) in [5.74, 6) is 0.934. The molecule has 0 amide bonds. The molecule has 0 bridgehead atoms. The Kier molecular flexibility index (Phi) is 14.5. The molecule has 0 atom stereocenters. The summed E-state index contributed by atoms with van der Waals surface area (Å²) in [7, 11) is 0. The molecule has 0 aromatic carbocycles. The first-order chi connectivity index (χ1) is 12.8. The van der Waals surface area contributed by atoms with Crippen LogP contribution >= 0.6 is 0 Å². The van der Waals surface area contributed by atoms with E-state index in [9.17, 15) is 0 Å². The van der Waals surface area contributed by atoms with Gasteiger partial charge in [-0.3, -0.25) is 0 Å². The molecular weight excluding hydrogens is 316 g/mol. The highest BCUT2D eigenvalue weighted by Gasteiger charge is 2.04. The van der Waals surface area contributed by atoms with Crippen molar-refractivity contribution in [3.05, 3.63) is 30.2 Å². The molecule has 0 aliphatic rings. The van der Waals surface area contributed by atoms with Gasteiger partial charge in [0.15, 0.2) is 0 Å². The number of hydrogen-bond acceptors (Lipinski definition) is 2. The van der Waals surface area contributed by atoms with Crippen LogP contribution in [-0.2, 0) is 19.3 Å². The lowest BCUT2D eigenvalue weighted by Gasteiger charge is -2.08. The van der Waals surface area contributed by atoms with Crippen LogP contribution in [0.4, 0.5) is 0 Å². The van der Waals surface area contributed by atoms with Crippen molar-refractivity contribution >= 4 is 0 Å². The fraction of sp³-hybridized carbons (Fsp3) is 0.792. The number of unbranched alkanes of at least 4 members (excludes halogenated alkanes) is 12. The molecule has 0 aliphatic carbocycles. The molecule has 0 N–H and O–H groups in total. The van der Waals surface area contributed by atoms with Gasteiger partial charge in [0.25, 0.3) is 0 Å². The topological polar surface area (TPSA) is 25.8 Å². The maximum atomic E-state index is 4.70. The number of aromatic nitrogens is 2. The van der Waals surface area contributed by atoms with Crippen LogP contribution in [0.2, 0.25) is 0 Å². The summed E-state index contributed by atoms with van der Waals surface area (Å²) in [6, 6.07) is 2.26. The van der Waals surface area contributed by atoms with Crippen LogP contribution in [0.25, 0.3) is 0 Å². The zero-order valence-corrected chi connectivity index (χ0v) is 17.7. The van der Waals surface area contributed by atoms with Crippen molar-refractivity contribution < 1.29 is 0 Å². The average Bonchev–Trinajstić information content (AvgIpc) is 2.66. The van der Waals surface area contributed by atoms with Gasteiger partial charge in [-0.1, -0.05) is 90.9 Å². The Balaban J connectivity index is 2.28. The monoisotopic (exact) mass is 359 g/mol. The molecule has 1 rings (SSSR count). The van der Waals surface area contributed by atoms with Gasteiger partial charge in [-0.05, 0) is 38.7 Å². The lowest BCUT2D eigenvalue weighted by molar-refractivity contribution is 0.582. The molecule has 26 heavy (non-hydrogen) atoms. The Morgan fingerprint density at radius 1 is 0.615 bits per heavy atom. The van der Waals surface area contributed by atoms with Crippen LogP contribution in [0.15, 0.2) is 6.07 Å². The molecule has 149 valence electrons. The SMILES string of the molecule is [CH2]Cc1nc(CCCCCCCCC)cc(CCCCCCCCC)n1. The fourth-order valence-electron chi connectivity index (χ4n) is 3.51. The van der Waals surface area contributed by atoms with Gasteiger partial charge >= 0.3 is 0 Å². The number of hydrogen-bond donors (Lipinski definition) is 0. The minimum atomic E-state index is 0.703. The van der Waals surface area contributed by atoms with E-state index in [0.717, 1.165) is 18.7 Å². The first-order valence-electron chi connectivity index (χ1n) is 11.4. The number of rotatable bonds is 17. The predicted molar refractivity (Wildman–Crippen MR) is 114 cm³/mol. The van der Waals surface area contributed by atoms with Gasteiger partial charge in [0.05, 0.1) is 0 Å². The second-order valence-electron chi connectivity index (χ2n) is 7.76. The van der Waals surface area contributed by atoms with Gasteiger partial charge in [-0.25, -0.2) is 9.97 Å². The molecule has 0 spiro atoms. The van der Waals surface area contributed by atoms with Gasteiger partial charge in [-0.15, -0.1) is 0 Å². The van der Waals surface area contributed by atoms with E-state index in [1.165, 1.54) is 101 Å². The molecule has 1 heterocycles. The summed E-state index contributed by atoms with van der Waals surface area (Å²) >= 11 is 0. The van der Waals surface area contributed by atoms with Crippen molar-refractivity contribution in [2.45, 2.75) is 123 Å². The minimum absolute atomic E-state index is 0.703. The highest BCUT2D eigenvalue weighted by atomic mass is 14.9. The van der Waals surface area contributed by atoms with Crippen LogP contribution in [-0.4, -0.2) is 9.97 Å². The first kappa shape index (κ1) is 23.1. The molecular formula is C24H43N2. The van der Waals surface area contributed by atoms with E-state index >= 15 is 0 Å². The Labute approximate surface area is 163 Å². The lowest BCUT2D eigenvalue weighted by atomic mass is 10.0. The molecule has 0 unspecified atom stereocenters. The van der Waals surface area contributed by atoms with E-state index in [0.29, 0.717) is 6.42 Å². The van der Waals surface area contributed by atoms with E-state index in [2.05, 4.69) is 26.8 Å². The van der Waals surface area contributed by atoms with Crippen molar-refractivity contribution in [2.75, 3.05) is 0 Å². The molecule has 0 saturated heterocycles. The second-order valence-corrected chi connectivity index (χ2v) is 7.76. The van der Waals surface area contributed by atoms with Crippen LogP contribution in [0, 0.1) is 6.92 Å². The lowest BCUT2D eigenvalue weighted by Crippen LogP contribution is -2.03. The highest BCUT2D eigenvalue weighted by molar-refractivity contribution is 5.12. The normalized spacial score (nSPS) is 11.2. The van der Waals surface area contributed by atoms with Crippen molar-refractivity contribution in [3.63, 3.8) is 0 Å². The number of aryl methyl sites for hydroxylation is 2. The van der Waals surface area contributed by atoms with Crippen LogP contribution in [0.1, 0.15) is 121 Å². The van der Waals surface area contributed by atoms with Crippen molar-refractivity contribution in [1.82, 2.24) is 9.97 Å². The largest absolute Gasteiger partial charge is 0.238 e. The van der Waals surface area contributed by atoms with Crippen LogP contribution in [0.3, 0.4) is 0 Å². The quantitative estimate of drug-likeness (QED) is 0.270. The highest BCUT2D eigenvalue weighted by Crippen LogP contribution is 2.13. The standard InChI is InChI=1S/C24H43N2/c1-4-7-9-11-13-15-17-19-22-21-23(26-24(6-3)25-22)20-18-16-14-12-10-8-5-2/h21H,3-20H2,1-2H3. The minimum Gasteiger partial charge on any atom is -0.238 e. The molecule has 1 aromatic heterocycles. The maximum absolute atomic E-state index is 4.70. The van der Waals surface area contributed by atoms with Gasteiger partial charge in [0.2, 0.25) is 0 Å². The van der Waals surface area contributed by atoms with Crippen molar-refractivity contribution in [1.29, 1.82) is 0 Å². The summed E-state index contributed by atoms with van der Waals surface area (Å²) in [6.45, 7) is 8.54. The molecule has 2 nitrogen and oxygen atoms in total. The van der Waals surface area contributed by atoms with E-state index in [1.54, 1.807) is 0 Å². The summed E-state index contributed by atoms with van der Waals surface area (Å²) < 4.78 is 0.